The van der Waals surface area contributed by atoms with Crippen molar-refractivity contribution in [3.05, 3.63) is 64.7 Å². The summed E-state index contributed by atoms with van der Waals surface area (Å²) in [5.41, 5.74) is -2.31. The smallest absolute Gasteiger partial charge is 0.489 e. The van der Waals surface area contributed by atoms with Gasteiger partial charge in [-0.15, -0.1) is 0 Å². The molecule has 3 aliphatic rings. The van der Waals surface area contributed by atoms with Crippen LogP contribution >= 0.6 is 0 Å². The van der Waals surface area contributed by atoms with Gasteiger partial charge in [0, 0.05) is 50.3 Å². The summed E-state index contributed by atoms with van der Waals surface area (Å²) in [7, 11) is -5.31. The van der Waals surface area contributed by atoms with Crippen LogP contribution in [-0.4, -0.2) is 77.7 Å². The molecule has 0 radical (unpaired) electrons. The zero-order valence-electron chi connectivity index (χ0n) is 21.5. The van der Waals surface area contributed by atoms with E-state index in [1.807, 2.05) is 29.2 Å². The van der Waals surface area contributed by atoms with E-state index in [1.165, 1.54) is 4.90 Å². The minimum absolute atomic E-state index is 0.0978. The average molecular weight is 580 g/mol. The number of alkyl halides is 3. The van der Waals surface area contributed by atoms with Crippen molar-refractivity contribution in [3.63, 3.8) is 0 Å². The van der Waals surface area contributed by atoms with E-state index in [-0.39, 0.29) is 69.6 Å². The predicted octanol–water partition coefficient (Wildman–Crippen LogP) is 2.88. The number of benzene rings is 2. The van der Waals surface area contributed by atoms with Crippen LogP contribution in [0.25, 0.3) is 0 Å². The molecule has 1 aliphatic carbocycles. The Kier molecular flexibility index (Phi) is 7.73. The molecule has 1 amide bonds. The molecular formula is C27H28F3N3O6S. The molecular weight excluding hydrogens is 551 g/mol. The van der Waals surface area contributed by atoms with E-state index in [2.05, 4.69) is 0 Å². The normalized spacial score (nSPS) is 21.1. The van der Waals surface area contributed by atoms with Crippen molar-refractivity contribution in [2.24, 2.45) is 0 Å². The van der Waals surface area contributed by atoms with Gasteiger partial charge < -0.3 is 9.64 Å². The van der Waals surface area contributed by atoms with Crippen molar-refractivity contribution in [3.8, 4) is 5.75 Å². The fraction of sp³-hybridized carbons (Fsp3) is 0.444. The number of ether oxygens (including phenoxy) is 1. The SMILES string of the molecule is O=C1CCC(N2Cc3c(OCc4ccc(CN5CCN(S(=O)(=O)C(F)(F)F)CC5)cc4)cccc3C2=O)C(=O)C1. The Morgan fingerprint density at radius 3 is 2.25 bits per heavy atom. The fourth-order valence-corrected chi connectivity index (χ4v) is 6.27. The van der Waals surface area contributed by atoms with E-state index in [4.69, 9.17) is 4.74 Å². The highest BCUT2D eigenvalue weighted by Crippen LogP contribution is 2.35. The summed E-state index contributed by atoms with van der Waals surface area (Å²) < 4.78 is 68.0. The molecule has 1 saturated heterocycles. The van der Waals surface area contributed by atoms with Crippen molar-refractivity contribution >= 4 is 27.5 Å². The highest BCUT2D eigenvalue weighted by molar-refractivity contribution is 7.90. The van der Waals surface area contributed by atoms with Crippen molar-refractivity contribution < 1.29 is 40.7 Å². The second kappa shape index (κ2) is 10.9. The summed E-state index contributed by atoms with van der Waals surface area (Å²) in [6.45, 7) is 0.887. The molecule has 9 nitrogen and oxygen atoms in total. The van der Waals surface area contributed by atoms with E-state index in [9.17, 15) is 36.0 Å². The highest BCUT2D eigenvalue weighted by Gasteiger charge is 2.50. The third-order valence-electron chi connectivity index (χ3n) is 7.56. The van der Waals surface area contributed by atoms with Gasteiger partial charge >= 0.3 is 15.5 Å². The van der Waals surface area contributed by atoms with Gasteiger partial charge in [0.05, 0.1) is 19.0 Å². The molecule has 1 unspecified atom stereocenters. The first kappa shape index (κ1) is 28.2. The lowest BCUT2D eigenvalue weighted by molar-refractivity contribution is -0.133. The predicted molar refractivity (Wildman–Crippen MR) is 137 cm³/mol. The Morgan fingerprint density at radius 1 is 0.925 bits per heavy atom. The molecule has 40 heavy (non-hydrogen) atoms. The fourth-order valence-electron chi connectivity index (χ4n) is 5.34. The van der Waals surface area contributed by atoms with Gasteiger partial charge in [0.1, 0.15) is 18.1 Å². The highest BCUT2D eigenvalue weighted by atomic mass is 32.2. The number of carbonyl (C=O) groups excluding carboxylic acids is 3. The van der Waals surface area contributed by atoms with Crippen molar-refractivity contribution in [1.82, 2.24) is 14.1 Å². The van der Waals surface area contributed by atoms with Crippen LogP contribution in [0.1, 0.15) is 46.3 Å². The van der Waals surface area contributed by atoms with E-state index < -0.39 is 21.6 Å². The van der Waals surface area contributed by atoms with Crippen LogP contribution in [0.2, 0.25) is 0 Å². The molecule has 2 aromatic carbocycles. The van der Waals surface area contributed by atoms with E-state index in [1.54, 1.807) is 18.2 Å². The van der Waals surface area contributed by atoms with Crippen LogP contribution in [-0.2, 0) is 39.3 Å². The van der Waals surface area contributed by atoms with Crippen LogP contribution in [0.4, 0.5) is 13.2 Å². The van der Waals surface area contributed by atoms with Crippen LogP contribution in [0.15, 0.2) is 42.5 Å². The lowest BCUT2D eigenvalue weighted by Crippen LogP contribution is -2.51. The molecule has 214 valence electrons. The van der Waals surface area contributed by atoms with Crippen LogP contribution < -0.4 is 4.74 Å². The summed E-state index contributed by atoms with van der Waals surface area (Å²) in [5, 5.41) is 0. The maximum atomic E-state index is 13.0. The lowest BCUT2D eigenvalue weighted by Gasteiger charge is -2.34. The number of sulfonamides is 1. The van der Waals surface area contributed by atoms with E-state index in [0.717, 1.165) is 11.1 Å². The number of halogens is 3. The Labute approximate surface area is 229 Å². The number of ketones is 2. The number of hydrogen-bond acceptors (Lipinski definition) is 7. The first-order valence-electron chi connectivity index (χ1n) is 12.9. The number of piperazine rings is 1. The largest absolute Gasteiger partial charge is 0.511 e. The molecule has 0 bridgehead atoms. The number of carbonyl (C=O) groups is 3. The summed E-state index contributed by atoms with van der Waals surface area (Å²) in [4.78, 5) is 40.4. The summed E-state index contributed by atoms with van der Waals surface area (Å²) in [5.74, 6) is -0.0228. The van der Waals surface area contributed by atoms with Crippen molar-refractivity contribution in [2.75, 3.05) is 26.2 Å². The maximum Gasteiger partial charge on any atom is 0.511 e. The Bertz CT molecular complexity index is 1420. The molecule has 1 saturated carbocycles. The quantitative estimate of drug-likeness (QED) is 0.465. The molecule has 2 fully saturated rings. The molecule has 0 aromatic heterocycles. The number of fused-ring (bicyclic) bond motifs is 1. The molecule has 2 aromatic rings. The van der Waals surface area contributed by atoms with E-state index >= 15 is 0 Å². The molecule has 5 rings (SSSR count). The third-order valence-corrected chi connectivity index (χ3v) is 9.19. The zero-order chi connectivity index (χ0) is 28.7. The Hall–Kier alpha value is -3.29. The number of Topliss-reactive ketones (excluding diaryl/α,β-unsaturated/α-hetero) is 2. The molecule has 0 N–H and O–H groups in total. The zero-order valence-corrected chi connectivity index (χ0v) is 22.3. The summed E-state index contributed by atoms with van der Waals surface area (Å²) in [6.07, 6.45) is 0.481. The first-order valence-corrected chi connectivity index (χ1v) is 14.3. The van der Waals surface area contributed by atoms with Gasteiger partial charge in [0.2, 0.25) is 0 Å². The molecule has 0 spiro atoms. The van der Waals surface area contributed by atoms with Gasteiger partial charge in [-0.25, -0.2) is 8.42 Å². The average Bonchev–Trinajstić information content (AvgIpc) is 3.24. The Balaban J connectivity index is 1.16. The number of amides is 1. The number of rotatable bonds is 7. The Morgan fingerprint density at radius 2 is 1.60 bits per heavy atom. The third kappa shape index (κ3) is 5.63. The van der Waals surface area contributed by atoms with Crippen LogP contribution in [0.5, 0.6) is 5.75 Å². The minimum Gasteiger partial charge on any atom is -0.489 e. The molecule has 1 atom stereocenters. The lowest BCUT2D eigenvalue weighted by atomic mass is 9.92. The summed E-state index contributed by atoms with van der Waals surface area (Å²) in [6, 6.07) is 12.1. The monoisotopic (exact) mass is 579 g/mol. The van der Waals surface area contributed by atoms with Gasteiger partial charge in [0.15, 0.2) is 5.78 Å². The van der Waals surface area contributed by atoms with Gasteiger partial charge in [-0.2, -0.15) is 17.5 Å². The maximum absolute atomic E-state index is 13.0. The van der Waals surface area contributed by atoms with Crippen LogP contribution in [0.3, 0.4) is 0 Å². The molecule has 2 aliphatic heterocycles. The standard InChI is InChI=1S/C27H28F3N3O6S/c28-27(29,30)40(37,38)32-12-10-31(11-13-32)15-18-4-6-19(7-5-18)17-39-25-3-1-2-21-22(25)16-33(26(21)36)23-9-8-20(34)14-24(23)35/h1-7,23H,8-17H2. The molecule has 13 heteroatoms. The second-order valence-electron chi connectivity index (χ2n) is 10.2. The minimum atomic E-state index is -5.31. The molecule has 2 heterocycles. The summed E-state index contributed by atoms with van der Waals surface area (Å²) >= 11 is 0. The van der Waals surface area contributed by atoms with Gasteiger partial charge in [-0.05, 0) is 29.7 Å². The van der Waals surface area contributed by atoms with Crippen LogP contribution in [0, 0.1) is 0 Å². The first-order chi connectivity index (χ1) is 18.9. The second-order valence-corrected chi connectivity index (χ2v) is 12.1. The van der Waals surface area contributed by atoms with Crippen molar-refractivity contribution in [1.29, 1.82) is 0 Å². The number of nitrogens with zero attached hydrogens (tertiary/aromatic N) is 3. The van der Waals surface area contributed by atoms with Gasteiger partial charge in [-0.3, -0.25) is 19.3 Å². The van der Waals surface area contributed by atoms with E-state index in [0.29, 0.717) is 34.1 Å². The topological polar surface area (TPSA) is 104 Å². The number of hydrogen-bond donors (Lipinski definition) is 0. The van der Waals surface area contributed by atoms with Gasteiger partial charge in [0.25, 0.3) is 5.91 Å². The van der Waals surface area contributed by atoms with Crippen molar-refractivity contribution in [2.45, 2.75) is 50.5 Å². The van der Waals surface area contributed by atoms with Gasteiger partial charge in [-0.1, -0.05) is 30.3 Å².